The number of aromatic amines is 1. The lowest BCUT2D eigenvalue weighted by Gasteiger charge is -2.15. The molecule has 0 radical (unpaired) electrons. The Morgan fingerprint density at radius 2 is 2.17 bits per heavy atom. The third kappa shape index (κ3) is 3.73. The van der Waals surface area contributed by atoms with E-state index in [1.54, 1.807) is 44.5 Å². The lowest BCUT2D eigenvalue weighted by Crippen LogP contribution is -2.35. The molecule has 1 saturated carbocycles. The molecule has 0 atom stereocenters. The molecule has 24 heavy (non-hydrogen) atoms. The second-order valence-electron chi connectivity index (χ2n) is 5.92. The highest BCUT2D eigenvalue weighted by molar-refractivity contribution is 5.98. The molecule has 7 nitrogen and oxygen atoms in total. The van der Waals surface area contributed by atoms with Gasteiger partial charge in [0.25, 0.3) is 5.91 Å². The van der Waals surface area contributed by atoms with Crippen LogP contribution in [0.3, 0.4) is 0 Å². The van der Waals surface area contributed by atoms with E-state index in [-0.39, 0.29) is 18.4 Å². The summed E-state index contributed by atoms with van der Waals surface area (Å²) in [6.07, 6.45) is 2.27. The molecule has 0 spiro atoms. The Labute approximate surface area is 140 Å². The van der Waals surface area contributed by atoms with Crippen LogP contribution in [-0.2, 0) is 4.79 Å². The maximum Gasteiger partial charge on any atom is 0.274 e. The van der Waals surface area contributed by atoms with Crippen LogP contribution < -0.4 is 10.1 Å². The number of aromatic nitrogens is 2. The zero-order valence-electron chi connectivity index (χ0n) is 13.7. The summed E-state index contributed by atoms with van der Waals surface area (Å²) in [6, 6.07) is 8.83. The number of ether oxygens (including phenoxy) is 1. The minimum atomic E-state index is -0.281. The van der Waals surface area contributed by atoms with Gasteiger partial charge in [0.05, 0.1) is 13.7 Å². The zero-order valence-corrected chi connectivity index (χ0v) is 13.7. The first-order valence-corrected chi connectivity index (χ1v) is 7.81. The van der Waals surface area contributed by atoms with Crippen LogP contribution in [0.2, 0.25) is 0 Å². The molecule has 1 aromatic carbocycles. The monoisotopic (exact) mass is 328 g/mol. The molecule has 3 rings (SSSR count). The van der Waals surface area contributed by atoms with Crippen molar-refractivity contribution in [2.45, 2.75) is 18.8 Å². The normalized spacial score (nSPS) is 13.4. The number of hydrogen-bond acceptors (Lipinski definition) is 4. The van der Waals surface area contributed by atoms with E-state index in [1.807, 2.05) is 0 Å². The Hall–Kier alpha value is -2.83. The maximum atomic E-state index is 12.3. The van der Waals surface area contributed by atoms with E-state index in [0.29, 0.717) is 23.0 Å². The highest BCUT2D eigenvalue weighted by Gasteiger charge is 2.27. The molecule has 2 N–H and O–H groups in total. The Balaban J connectivity index is 1.57. The summed E-state index contributed by atoms with van der Waals surface area (Å²) < 4.78 is 5.11. The average molecular weight is 328 g/mol. The molecule has 1 fully saturated rings. The summed E-state index contributed by atoms with van der Waals surface area (Å²) in [6.45, 7) is -0.0539. The molecule has 7 heteroatoms. The number of amides is 2. The molecule has 2 amide bonds. The highest BCUT2D eigenvalue weighted by Crippen LogP contribution is 2.39. The van der Waals surface area contributed by atoms with Crippen molar-refractivity contribution < 1.29 is 14.3 Å². The number of methoxy groups -OCH3 is 1. The summed E-state index contributed by atoms with van der Waals surface area (Å²) in [5.74, 6) is 0.595. The molecule has 0 unspecified atom stereocenters. The fourth-order valence-corrected chi connectivity index (χ4v) is 2.43. The molecule has 126 valence electrons. The first kappa shape index (κ1) is 16.0. The van der Waals surface area contributed by atoms with Crippen LogP contribution in [0.15, 0.2) is 30.3 Å². The summed E-state index contributed by atoms with van der Waals surface area (Å²) in [7, 11) is 3.14. The van der Waals surface area contributed by atoms with Crippen molar-refractivity contribution in [2.75, 3.05) is 26.0 Å². The summed E-state index contributed by atoms with van der Waals surface area (Å²) in [5.41, 5.74) is 1.96. The summed E-state index contributed by atoms with van der Waals surface area (Å²) >= 11 is 0. The quantitative estimate of drug-likeness (QED) is 0.849. The van der Waals surface area contributed by atoms with Crippen LogP contribution in [0.25, 0.3) is 0 Å². The van der Waals surface area contributed by atoms with E-state index in [9.17, 15) is 9.59 Å². The van der Waals surface area contributed by atoms with E-state index in [0.717, 1.165) is 18.5 Å². The van der Waals surface area contributed by atoms with Crippen LogP contribution in [0.5, 0.6) is 5.75 Å². The van der Waals surface area contributed by atoms with Gasteiger partial charge < -0.3 is 15.0 Å². The molecule has 0 aliphatic heterocycles. The lowest BCUT2D eigenvalue weighted by atomic mass is 10.2. The molecule has 0 saturated heterocycles. The van der Waals surface area contributed by atoms with Gasteiger partial charge in [0.1, 0.15) is 11.4 Å². The van der Waals surface area contributed by atoms with E-state index >= 15 is 0 Å². The third-order valence-electron chi connectivity index (χ3n) is 3.91. The number of hydrogen-bond donors (Lipinski definition) is 2. The molecular weight excluding hydrogens is 308 g/mol. The third-order valence-corrected chi connectivity index (χ3v) is 3.91. The number of carbonyl (C=O) groups is 2. The Bertz CT molecular complexity index is 752. The van der Waals surface area contributed by atoms with Crippen molar-refractivity contribution in [3.05, 3.63) is 41.7 Å². The number of rotatable bonds is 6. The topological polar surface area (TPSA) is 87.3 Å². The van der Waals surface area contributed by atoms with E-state index in [4.69, 9.17) is 4.74 Å². The SMILES string of the molecule is COc1cccc(NC(=O)CN(C)C(=O)c2cc(C3CC3)[nH]n2)c1. The number of anilines is 1. The van der Waals surface area contributed by atoms with Crippen LogP contribution in [-0.4, -0.2) is 47.6 Å². The minimum absolute atomic E-state index is 0.0539. The van der Waals surface area contributed by atoms with Crippen molar-refractivity contribution in [2.24, 2.45) is 0 Å². The van der Waals surface area contributed by atoms with Crippen molar-refractivity contribution in [1.82, 2.24) is 15.1 Å². The van der Waals surface area contributed by atoms with Gasteiger partial charge in [-0.3, -0.25) is 14.7 Å². The van der Waals surface area contributed by atoms with Gasteiger partial charge in [0.2, 0.25) is 5.91 Å². The van der Waals surface area contributed by atoms with Gasteiger partial charge in [-0.1, -0.05) is 6.07 Å². The second kappa shape index (κ2) is 6.74. The highest BCUT2D eigenvalue weighted by atomic mass is 16.5. The van der Waals surface area contributed by atoms with E-state index < -0.39 is 0 Å². The Morgan fingerprint density at radius 3 is 2.88 bits per heavy atom. The van der Waals surface area contributed by atoms with Crippen molar-refractivity contribution in [1.29, 1.82) is 0 Å². The van der Waals surface area contributed by atoms with Crippen LogP contribution in [0.1, 0.15) is 34.9 Å². The predicted octanol–water partition coefficient (Wildman–Crippen LogP) is 2.01. The van der Waals surface area contributed by atoms with E-state index in [2.05, 4.69) is 15.5 Å². The fourth-order valence-electron chi connectivity index (χ4n) is 2.43. The molecule has 1 aliphatic rings. The first-order valence-electron chi connectivity index (χ1n) is 7.81. The average Bonchev–Trinajstić information content (AvgIpc) is 3.31. The van der Waals surface area contributed by atoms with Gasteiger partial charge in [-0.25, -0.2) is 0 Å². The molecule has 2 aromatic rings. The van der Waals surface area contributed by atoms with Gasteiger partial charge in [0.15, 0.2) is 0 Å². The lowest BCUT2D eigenvalue weighted by molar-refractivity contribution is -0.116. The largest absolute Gasteiger partial charge is 0.497 e. The smallest absolute Gasteiger partial charge is 0.274 e. The second-order valence-corrected chi connectivity index (χ2v) is 5.92. The molecule has 1 heterocycles. The number of nitrogens with zero attached hydrogens (tertiary/aromatic N) is 2. The van der Waals surface area contributed by atoms with Gasteiger partial charge in [-0.05, 0) is 31.0 Å². The number of carbonyl (C=O) groups excluding carboxylic acids is 2. The van der Waals surface area contributed by atoms with Gasteiger partial charge in [0, 0.05) is 30.4 Å². The van der Waals surface area contributed by atoms with Crippen LogP contribution >= 0.6 is 0 Å². The number of H-pyrrole nitrogens is 1. The van der Waals surface area contributed by atoms with E-state index in [1.165, 1.54) is 4.90 Å². The summed E-state index contributed by atoms with van der Waals surface area (Å²) in [5, 5.41) is 9.69. The summed E-state index contributed by atoms with van der Waals surface area (Å²) in [4.78, 5) is 25.8. The molecule has 1 aromatic heterocycles. The van der Waals surface area contributed by atoms with Gasteiger partial charge in [-0.15, -0.1) is 0 Å². The number of likely N-dealkylation sites (N-methyl/N-ethyl adjacent to an activating group) is 1. The van der Waals surface area contributed by atoms with Crippen LogP contribution in [0, 0.1) is 0 Å². The predicted molar refractivity (Wildman–Crippen MR) is 89.1 cm³/mol. The fraction of sp³-hybridized carbons (Fsp3) is 0.353. The van der Waals surface area contributed by atoms with Crippen molar-refractivity contribution in [3.8, 4) is 5.75 Å². The van der Waals surface area contributed by atoms with Gasteiger partial charge >= 0.3 is 0 Å². The Morgan fingerprint density at radius 1 is 1.38 bits per heavy atom. The standard InChI is InChI=1S/C17H20N4O3/c1-21(17(23)15-9-14(19-20-15)11-6-7-11)10-16(22)18-12-4-3-5-13(8-12)24-2/h3-5,8-9,11H,6-7,10H2,1-2H3,(H,18,22)(H,19,20). The van der Waals surface area contributed by atoms with Gasteiger partial charge in [-0.2, -0.15) is 5.10 Å². The number of nitrogens with one attached hydrogen (secondary N) is 2. The van der Waals surface area contributed by atoms with Crippen LogP contribution in [0.4, 0.5) is 5.69 Å². The zero-order chi connectivity index (χ0) is 17.1. The molecule has 0 bridgehead atoms. The minimum Gasteiger partial charge on any atom is -0.497 e. The van der Waals surface area contributed by atoms with Crippen molar-refractivity contribution in [3.63, 3.8) is 0 Å². The van der Waals surface area contributed by atoms with Crippen molar-refractivity contribution >= 4 is 17.5 Å². The number of benzene rings is 1. The molecule has 1 aliphatic carbocycles. The first-order chi connectivity index (χ1) is 11.6. The Kier molecular flexibility index (Phi) is 4.50. The maximum absolute atomic E-state index is 12.3. The molecular formula is C17H20N4O3.